The van der Waals surface area contributed by atoms with E-state index in [0.717, 1.165) is 6.54 Å². The Bertz CT molecular complexity index is 301. The van der Waals surface area contributed by atoms with E-state index in [1.54, 1.807) is 6.92 Å². The van der Waals surface area contributed by atoms with Gasteiger partial charge in [0.2, 0.25) is 11.8 Å². The van der Waals surface area contributed by atoms with Gasteiger partial charge in [0, 0.05) is 6.92 Å². The van der Waals surface area contributed by atoms with Crippen LogP contribution in [0.1, 0.15) is 39.5 Å². The molecule has 1 heterocycles. The van der Waals surface area contributed by atoms with Crippen molar-refractivity contribution in [3.63, 3.8) is 0 Å². The number of aromatic nitrogens is 2. The summed E-state index contributed by atoms with van der Waals surface area (Å²) in [6, 6.07) is 0. The number of nitrogens with zero attached hydrogens (tertiary/aromatic N) is 2. The van der Waals surface area contributed by atoms with Crippen molar-refractivity contribution in [3.8, 4) is 0 Å². The highest BCUT2D eigenvalue weighted by molar-refractivity contribution is 4.79. The summed E-state index contributed by atoms with van der Waals surface area (Å²) in [5.41, 5.74) is 0.331. The van der Waals surface area contributed by atoms with E-state index in [0.29, 0.717) is 29.7 Å². The Balaban J connectivity index is 2.28. The third-order valence-electron chi connectivity index (χ3n) is 2.77. The van der Waals surface area contributed by atoms with E-state index in [1.807, 2.05) is 0 Å². The molecule has 1 aromatic heterocycles. The monoisotopic (exact) mass is 211 g/mol. The summed E-state index contributed by atoms with van der Waals surface area (Å²) in [6.45, 7) is 12.4. The largest absolute Gasteiger partial charge is 0.424 e. The molecule has 1 N–H and O–H groups in total. The van der Waals surface area contributed by atoms with Crippen LogP contribution in [0.2, 0.25) is 0 Å². The third-order valence-corrected chi connectivity index (χ3v) is 2.77. The molecule has 0 aromatic carbocycles. The Morgan fingerprint density at radius 1 is 1.33 bits per heavy atom. The van der Waals surface area contributed by atoms with Crippen molar-refractivity contribution in [1.29, 1.82) is 0 Å². The summed E-state index contributed by atoms with van der Waals surface area (Å²) in [4.78, 5) is 0. The van der Waals surface area contributed by atoms with E-state index in [2.05, 4.69) is 43.2 Å². The lowest BCUT2D eigenvalue weighted by molar-refractivity contribution is 0.250. The molecule has 1 atom stereocenters. The summed E-state index contributed by atoms with van der Waals surface area (Å²) in [7, 11) is 0. The van der Waals surface area contributed by atoms with Crippen LogP contribution in [-0.2, 0) is 6.54 Å². The van der Waals surface area contributed by atoms with Crippen molar-refractivity contribution < 1.29 is 4.42 Å². The fourth-order valence-electron chi connectivity index (χ4n) is 1.11. The molecule has 0 aliphatic rings. The van der Waals surface area contributed by atoms with E-state index < -0.39 is 0 Å². The van der Waals surface area contributed by atoms with Crippen LogP contribution in [0.3, 0.4) is 0 Å². The van der Waals surface area contributed by atoms with Crippen LogP contribution in [-0.4, -0.2) is 16.7 Å². The van der Waals surface area contributed by atoms with Crippen LogP contribution in [0.4, 0.5) is 0 Å². The van der Waals surface area contributed by atoms with Crippen molar-refractivity contribution in [2.45, 2.75) is 41.2 Å². The molecule has 0 amide bonds. The summed E-state index contributed by atoms with van der Waals surface area (Å²) in [6.07, 6.45) is 0. The molecule has 0 fully saturated rings. The van der Waals surface area contributed by atoms with Crippen LogP contribution in [0.15, 0.2) is 4.42 Å². The maximum Gasteiger partial charge on any atom is 0.230 e. The van der Waals surface area contributed by atoms with Crippen molar-refractivity contribution in [2.24, 2.45) is 11.3 Å². The van der Waals surface area contributed by atoms with Crippen molar-refractivity contribution in [3.05, 3.63) is 11.8 Å². The van der Waals surface area contributed by atoms with Gasteiger partial charge in [0.25, 0.3) is 0 Å². The van der Waals surface area contributed by atoms with Crippen molar-refractivity contribution >= 4 is 0 Å². The predicted molar refractivity (Wildman–Crippen MR) is 59.4 cm³/mol. The molecule has 0 spiro atoms. The number of nitrogens with one attached hydrogen (secondary N) is 1. The second-order valence-corrected chi connectivity index (χ2v) is 5.11. The molecule has 4 nitrogen and oxygen atoms in total. The van der Waals surface area contributed by atoms with Gasteiger partial charge in [-0.25, -0.2) is 0 Å². The van der Waals surface area contributed by atoms with Gasteiger partial charge >= 0.3 is 0 Å². The Morgan fingerprint density at radius 2 is 2.00 bits per heavy atom. The van der Waals surface area contributed by atoms with E-state index in [1.165, 1.54) is 0 Å². The summed E-state index contributed by atoms with van der Waals surface area (Å²) >= 11 is 0. The zero-order valence-electron chi connectivity index (χ0n) is 10.3. The van der Waals surface area contributed by atoms with Crippen LogP contribution < -0.4 is 5.32 Å². The second-order valence-electron chi connectivity index (χ2n) is 5.11. The minimum atomic E-state index is 0.331. The molecule has 1 rings (SSSR count). The van der Waals surface area contributed by atoms with E-state index in [4.69, 9.17) is 4.42 Å². The number of aryl methyl sites for hydroxylation is 1. The van der Waals surface area contributed by atoms with Crippen LogP contribution >= 0.6 is 0 Å². The molecule has 0 saturated carbocycles. The SMILES string of the molecule is Cc1nnc(CNCC(C)C(C)(C)C)o1. The number of hydrogen-bond acceptors (Lipinski definition) is 4. The summed E-state index contributed by atoms with van der Waals surface area (Å²) in [5.74, 6) is 1.89. The molecule has 1 unspecified atom stereocenters. The fourth-order valence-corrected chi connectivity index (χ4v) is 1.11. The van der Waals surface area contributed by atoms with Crippen molar-refractivity contribution in [1.82, 2.24) is 15.5 Å². The summed E-state index contributed by atoms with van der Waals surface area (Å²) in [5, 5.41) is 11.0. The van der Waals surface area contributed by atoms with Crippen LogP contribution in [0, 0.1) is 18.3 Å². The highest BCUT2D eigenvalue weighted by Gasteiger charge is 2.19. The van der Waals surface area contributed by atoms with E-state index >= 15 is 0 Å². The van der Waals surface area contributed by atoms with E-state index in [-0.39, 0.29) is 0 Å². The summed E-state index contributed by atoms with van der Waals surface area (Å²) < 4.78 is 5.27. The predicted octanol–water partition coefficient (Wildman–Crippen LogP) is 2.15. The molecule has 4 heteroatoms. The first-order valence-electron chi connectivity index (χ1n) is 5.39. The lowest BCUT2D eigenvalue weighted by Gasteiger charge is -2.27. The molecule has 1 aromatic rings. The van der Waals surface area contributed by atoms with Gasteiger partial charge in [-0.1, -0.05) is 27.7 Å². The average Bonchev–Trinajstić information content (AvgIpc) is 2.49. The molecule has 0 bridgehead atoms. The van der Waals surface area contributed by atoms with E-state index in [9.17, 15) is 0 Å². The van der Waals surface area contributed by atoms with Gasteiger partial charge in [-0.05, 0) is 17.9 Å². The number of hydrogen-bond donors (Lipinski definition) is 1. The highest BCUT2D eigenvalue weighted by Crippen LogP contribution is 2.24. The smallest absolute Gasteiger partial charge is 0.230 e. The van der Waals surface area contributed by atoms with Gasteiger partial charge in [0.15, 0.2) is 0 Å². The quantitative estimate of drug-likeness (QED) is 0.829. The van der Waals surface area contributed by atoms with Crippen molar-refractivity contribution in [2.75, 3.05) is 6.54 Å². The van der Waals surface area contributed by atoms with Crippen LogP contribution in [0.25, 0.3) is 0 Å². The lowest BCUT2D eigenvalue weighted by Crippen LogP contribution is -2.29. The highest BCUT2D eigenvalue weighted by atomic mass is 16.4. The molecule has 0 radical (unpaired) electrons. The fraction of sp³-hybridized carbons (Fsp3) is 0.818. The Kier molecular flexibility index (Phi) is 3.85. The van der Waals surface area contributed by atoms with Gasteiger partial charge < -0.3 is 9.73 Å². The molecule has 86 valence electrons. The Hall–Kier alpha value is -0.900. The minimum absolute atomic E-state index is 0.331. The molecular weight excluding hydrogens is 190 g/mol. The second kappa shape index (κ2) is 4.75. The zero-order chi connectivity index (χ0) is 11.5. The topological polar surface area (TPSA) is 51.0 Å². The van der Waals surface area contributed by atoms with Gasteiger partial charge in [-0.15, -0.1) is 10.2 Å². The lowest BCUT2D eigenvalue weighted by atomic mass is 9.82. The molecule has 0 saturated heterocycles. The van der Waals surface area contributed by atoms with Crippen LogP contribution in [0.5, 0.6) is 0 Å². The minimum Gasteiger partial charge on any atom is -0.424 e. The van der Waals surface area contributed by atoms with Gasteiger partial charge in [-0.2, -0.15) is 0 Å². The zero-order valence-corrected chi connectivity index (χ0v) is 10.3. The maximum atomic E-state index is 5.27. The molecule has 15 heavy (non-hydrogen) atoms. The Morgan fingerprint density at radius 3 is 2.47 bits per heavy atom. The molecular formula is C11H21N3O. The van der Waals surface area contributed by atoms with Gasteiger partial charge in [0.1, 0.15) is 0 Å². The first-order chi connectivity index (χ1) is 6.89. The normalized spacial score (nSPS) is 14.2. The van der Waals surface area contributed by atoms with Gasteiger partial charge in [0.05, 0.1) is 6.54 Å². The first kappa shape index (κ1) is 12.2. The first-order valence-corrected chi connectivity index (χ1v) is 5.39. The standard InChI is InChI=1S/C11H21N3O/c1-8(11(3,4)5)6-12-7-10-14-13-9(2)15-10/h8,12H,6-7H2,1-5H3. The molecule has 0 aliphatic carbocycles. The molecule has 0 aliphatic heterocycles. The van der Waals surface area contributed by atoms with Gasteiger partial charge in [-0.3, -0.25) is 0 Å². The third kappa shape index (κ3) is 4.00. The average molecular weight is 211 g/mol. The Labute approximate surface area is 91.5 Å². The number of rotatable bonds is 4. The maximum absolute atomic E-state index is 5.27.